The smallest absolute Gasteiger partial charge is 0.227 e. The molecule has 0 aliphatic carbocycles. The van der Waals surface area contributed by atoms with Gasteiger partial charge in [0.15, 0.2) is 0 Å². The average Bonchev–Trinajstić information content (AvgIpc) is 3.07. The first-order valence-corrected chi connectivity index (χ1v) is 10.00. The van der Waals surface area contributed by atoms with Crippen molar-refractivity contribution in [1.82, 2.24) is 19.7 Å². The van der Waals surface area contributed by atoms with Crippen LogP contribution in [0.3, 0.4) is 0 Å². The van der Waals surface area contributed by atoms with Crippen LogP contribution in [-0.2, 0) is 18.2 Å². The molecule has 1 aliphatic heterocycles. The Bertz CT molecular complexity index is 932. The Hall–Kier alpha value is -2.44. The van der Waals surface area contributed by atoms with E-state index in [-0.39, 0.29) is 0 Å². The van der Waals surface area contributed by atoms with Crippen LogP contribution in [0, 0.1) is 0 Å². The summed E-state index contributed by atoms with van der Waals surface area (Å²) in [4.78, 5) is 4.83. The molecule has 2 heterocycles. The van der Waals surface area contributed by atoms with E-state index in [1.54, 1.807) is 7.11 Å². The molecule has 1 aromatic heterocycles. The molecule has 0 saturated carbocycles. The lowest BCUT2D eigenvalue weighted by Gasteiger charge is -2.39. The van der Waals surface area contributed by atoms with E-state index in [0.717, 1.165) is 51.0 Å². The van der Waals surface area contributed by atoms with Gasteiger partial charge < -0.3 is 14.2 Å². The van der Waals surface area contributed by atoms with Crippen LogP contribution in [-0.4, -0.2) is 65.6 Å². The van der Waals surface area contributed by atoms with Crippen LogP contribution in [0.4, 0.5) is 5.95 Å². The molecule has 6 heteroatoms. The normalized spacial score (nSPS) is 18.1. The van der Waals surface area contributed by atoms with E-state index in [1.807, 2.05) is 0 Å². The highest BCUT2D eigenvalue weighted by Gasteiger charge is 2.26. The number of anilines is 1. The third-order valence-corrected chi connectivity index (χ3v) is 5.80. The van der Waals surface area contributed by atoms with Crippen molar-refractivity contribution in [2.24, 2.45) is 7.05 Å². The molecule has 1 atom stereocenters. The third-order valence-electron chi connectivity index (χ3n) is 5.80. The van der Waals surface area contributed by atoms with Gasteiger partial charge in [0, 0.05) is 52.8 Å². The predicted molar refractivity (Wildman–Crippen MR) is 113 cm³/mol. The number of nitrogens with zero attached hydrogens (tertiary/aromatic N) is 5. The van der Waals surface area contributed by atoms with Crippen LogP contribution < -0.4 is 4.90 Å². The molecule has 1 saturated heterocycles. The summed E-state index contributed by atoms with van der Waals surface area (Å²) in [6.07, 6.45) is 0.786. The second kappa shape index (κ2) is 8.29. The quantitative estimate of drug-likeness (QED) is 0.659. The summed E-state index contributed by atoms with van der Waals surface area (Å²) in [7, 11) is 3.84. The van der Waals surface area contributed by atoms with Crippen molar-refractivity contribution >= 4 is 16.7 Å². The van der Waals surface area contributed by atoms with E-state index in [2.05, 4.69) is 81.0 Å². The minimum absolute atomic E-state index is 0.474. The maximum Gasteiger partial charge on any atom is 0.227 e. The van der Waals surface area contributed by atoms with Crippen molar-refractivity contribution in [2.75, 3.05) is 44.8 Å². The minimum Gasteiger partial charge on any atom is -0.383 e. The maximum absolute atomic E-state index is 5.23. The molecule has 0 amide bonds. The van der Waals surface area contributed by atoms with Gasteiger partial charge in [0.05, 0.1) is 6.61 Å². The van der Waals surface area contributed by atoms with Gasteiger partial charge in [-0.25, -0.2) is 0 Å². The Morgan fingerprint density at radius 1 is 1.07 bits per heavy atom. The molecule has 4 rings (SSSR count). The van der Waals surface area contributed by atoms with E-state index in [9.17, 15) is 0 Å². The number of benzene rings is 2. The zero-order valence-electron chi connectivity index (χ0n) is 17.0. The Kier molecular flexibility index (Phi) is 5.59. The van der Waals surface area contributed by atoms with E-state index in [4.69, 9.17) is 4.74 Å². The van der Waals surface area contributed by atoms with Crippen molar-refractivity contribution < 1.29 is 4.74 Å². The van der Waals surface area contributed by atoms with Crippen LogP contribution in [0.5, 0.6) is 0 Å². The molecule has 1 unspecified atom stereocenters. The molecule has 28 heavy (non-hydrogen) atoms. The van der Waals surface area contributed by atoms with E-state index < -0.39 is 0 Å². The van der Waals surface area contributed by atoms with Crippen molar-refractivity contribution in [3.05, 3.63) is 53.9 Å². The Balaban J connectivity index is 1.50. The molecule has 1 fully saturated rings. The molecule has 0 N–H and O–H groups in total. The number of ether oxygens (including phenoxy) is 1. The first-order valence-electron chi connectivity index (χ1n) is 10.00. The lowest BCUT2D eigenvalue weighted by atomic mass is 10.0. The Labute approximate surface area is 166 Å². The van der Waals surface area contributed by atoms with Gasteiger partial charge in [-0.05, 0) is 23.3 Å². The summed E-state index contributed by atoms with van der Waals surface area (Å²) in [5.41, 5.74) is 1.29. The van der Waals surface area contributed by atoms with E-state index >= 15 is 0 Å². The number of methoxy groups -OCH3 is 1. The van der Waals surface area contributed by atoms with Crippen LogP contribution >= 0.6 is 0 Å². The lowest BCUT2D eigenvalue weighted by molar-refractivity contribution is 0.117. The van der Waals surface area contributed by atoms with Crippen molar-refractivity contribution in [2.45, 2.75) is 19.4 Å². The van der Waals surface area contributed by atoms with Crippen molar-refractivity contribution in [3.63, 3.8) is 0 Å². The zero-order valence-corrected chi connectivity index (χ0v) is 17.0. The van der Waals surface area contributed by atoms with Gasteiger partial charge in [-0.15, -0.1) is 10.2 Å². The average molecular weight is 380 g/mol. The molecule has 6 nitrogen and oxygen atoms in total. The minimum atomic E-state index is 0.474. The molecular weight excluding hydrogens is 350 g/mol. The fourth-order valence-corrected chi connectivity index (χ4v) is 4.12. The number of piperazine rings is 1. The predicted octanol–water partition coefficient (Wildman–Crippen LogP) is 2.72. The van der Waals surface area contributed by atoms with Crippen LogP contribution in [0.2, 0.25) is 0 Å². The number of fused-ring (bicyclic) bond motifs is 1. The van der Waals surface area contributed by atoms with Crippen molar-refractivity contribution in [1.29, 1.82) is 0 Å². The summed E-state index contributed by atoms with van der Waals surface area (Å²) < 4.78 is 7.38. The fraction of sp³-hybridized carbons (Fsp3) is 0.455. The van der Waals surface area contributed by atoms with E-state index in [0.29, 0.717) is 6.04 Å². The molecule has 148 valence electrons. The van der Waals surface area contributed by atoms with Gasteiger partial charge in [-0.1, -0.05) is 42.5 Å². The second-order valence-electron chi connectivity index (χ2n) is 7.61. The molecule has 2 aromatic carbocycles. The molecule has 0 spiro atoms. The highest BCUT2D eigenvalue weighted by molar-refractivity contribution is 5.85. The van der Waals surface area contributed by atoms with Crippen molar-refractivity contribution in [3.8, 4) is 0 Å². The first kappa shape index (κ1) is 18.9. The van der Waals surface area contributed by atoms with Gasteiger partial charge in [0.1, 0.15) is 5.82 Å². The zero-order chi connectivity index (χ0) is 19.5. The highest BCUT2D eigenvalue weighted by atomic mass is 16.5. The molecular formula is C22H29N5O. The van der Waals surface area contributed by atoms with Gasteiger partial charge in [-0.3, -0.25) is 4.90 Å². The van der Waals surface area contributed by atoms with Gasteiger partial charge in [0.25, 0.3) is 0 Å². The number of hydrogen-bond acceptors (Lipinski definition) is 5. The molecule has 0 radical (unpaired) electrons. The number of hydrogen-bond donors (Lipinski definition) is 0. The van der Waals surface area contributed by atoms with Crippen LogP contribution in [0.25, 0.3) is 10.8 Å². The highest BCUT2D eigenvalue weighted by Crippen LogP contribution is 2.23. The van der Waals surface area contributed by atoms with Gasteiger partial charge in [-0.2, -0.15) is 0 Å². The first-order chi connectivity index (χ1) is 13.7. The van der Waals surface area contributed by atoms with Gasteiger partial charge >= 0.3 is 0 Å². The number of rotatable bonds is 6. The SMILES string of the molecule is COCCN1CCN(c2nnc(Cc3cccc4ccccc34)n2C)CC1C. The second-order valence-corrected chi connectivity index (χ2v) is 7.61. The summed E-state index contributed by atoms with van der Waals surface area (Å²) >= 11 is 0. The summed E-state index contributed by atoms with van der Waals surface area (Å²) in [6, 6.07) is 15.5. The summed E-state index contributed by atoms with van der Waals surface area (Å²) in [6.45, 7) is 6.99. The Morgan fingerprint density at radius 3 is 2.71 bits per heavy atom. The molecule has 3 aromatic rings. The summed E-state index contributed by atoms with van der Waals surface area (Å²) in [5.74, 6) is 1.97. The lowest BCUT2D eigenvalue weighted by Crippen LogP contribution is -2.53. The Morgan fingerprint density at radius 2 is 1.89 bits per heavy atom. The molecule has 0 bridgehead atoms. The fourth-order valence-electron chi connectivity index (χ4n) is 4.12. The molecule has 1 aliphatic rings. The largest absolute Gasteiger partial charge is 0.383 e. The third kappa shape index (κ3) is 3.75. The van der Waals surface area contributed by atoms with E-state index in [1.165, 1.54) is 16.3 Å². The monoisotopic (exact) mass is 379 g/mol. The van der Waals surface area contributed by atoms with Crippen LogP contribution in [0.15, 0.2) is 42.5 Å². The standard InChI is InChI=1S/C22H29N5O/c1-17-16-27(12-11-26(17)13-14-28-3)22-24-23-21(25(22)2)15-19-9-6-8-18-7-4-5-10-20(18)19/h4-10,17H,11-16H2,1-3H3. The maximum atomic E-state index is 5.23. The topological polar surface area (TPSA) is 46.4 Å². The summed E-state index contributed by atoms with van der Waals surface area (Å²) in [5, 5.41) is 11.6. The van der Waals surface area contributed by atoms with Crippen LogP contribution in [0.1, 0.15) is 18.3 Å². The number of aromatic nitrogens is 3. The van der Waals surface area contributed by atoms with Gasteiger partial charge in [0.2, 0.25) is 5.95 Å².